The lowest BCUT2D eigenvalue weighted by Gasteiger charge is -2.08. The highest BCUT2D eigenvalue weighted by atomic mass is 35.5. The van der Waals surface area contributed by atoms with E-state index in [-0.39, 0.29) is 18.2 Å². The Morgan fingerprint density at radius 1 is 1.10 bits per heavy atom. The van der Waals surface area contributed by atoms with Gasteiger partial charge in [-0.1, -0.05) is 11.6 Å². The maximum atomic E-state index is 12.2. The first kappa shape index (κ1) is 22.6. The molecule has 0 saturated heterocycles. The average Bonchev–Trinajstić information content (AvgIpc) is 3.24. The molecule has 0 aliphatic rings. The van der Waals surface area contributed by atoms with E-state index in [0.717, 1.165) is 5.56 Å². The van der Waals surface area contributed by atoms with Crippen LogP contribution >= 0.6 is 22.9 Å². The summed E-state index contributed by atoms with van der Waals surface area (Å²) < 4.78 is 10.6. The molecule has 2 amide bonds. The maximum absolute atomic E-state index is 12.2. The van der Waals surface area contributed by atoms with Gasteiger partial charge in [-0.2, -0.15) is 0 Å². The van der Waals surface area contributed by atoms with Crippen molar-refractivity contribution in [2.45, 2.75) is 12.8 Å². The molecule has 0 bridgehead atoms. The number of hydrogen-bond acceptors (Lipinski definition) is 6. The average molecular weight is 460 g/mol. The first-order chi connectivity index (χ1) is 15.0. The highest BCUT2D eigenvalue weighted by molar-refractivity contribution is 7.14. The molecule has 0 fully saturated rings. The van der Waals surface area contributed by atoms with Crippen LogP contribution in [0.4, 0.5) is 5.13 Å². The molecule has 0 atom stereocenters. The van der Waals surface area contributed by atoms with Crippen LogP contribution in [0.15, 0.2) is 47.8 Å². The summed E-state index contributed by atoms with van der Waals surface area (Å²) in [5.41, 5.74) is 2.04. The SMILES string of the molecule is COc1ccc(-c2csc(NC(=O)CCCNC(=O)c3ccc(Cl)cc3)n2)c(OC)c1. The van der Waals surface area contributed by atoms with Crippen LogP contribution in [-0.2, 0) is 4.79 Å². The van der Waals surface area contributed by atoms with Gasteiger partial charge in [0.15, 0.2) is 5.13 Å². The van der Waals surface area contributed by atoms with Crippen molar-refractivity contribution in [2.75, 3.05) is 26.1 Å². The quantitative estimate of drug-likeness (QED) is 0.455. The normalized spacial score (nSPS) is 10.4. The number of thiazole rings is 1. The zero-order chi connectivity index (χ0) is 22.2. The van der Waals surface area contributed by atoms with E-state index in [4.69, 9.17) is 21.1 Å². The predicted molar refractivity (Wildman–Crippen MR) is 122 cm³/mol. The molecular formula is C22H22ClN3O4S. The Morgan fingerprint density at radius 2 is 1.87 bits per heavy atom. The fraction of sp³-hybridized carbons (Fsp3) is 0.227. The molecule has 0 saturated carbocycles. The van der Waals surface area contributed by atoms with E-state index in [9.17, 15) is 9.59 Å². The number of rotatable bonds is 9. The second kappa shape index (κ2) is 10.8. The number of aromatic nitrogens is 1. The third-order valence-corrected chi connectivity index (χ3v) is 5.42. The van der Waals surface area contributed by atoms with E-state index in [1.807, 2.05) is 17.5 Å². The van der Waals surface area contributed by atoms with Gasteiger partial charge < -0.3 is 20.1 Å². The number of ether oxygens (including phenoxy) is 2. The summed E-state index contributed by atoms with van der Waals surface area (Å²) in [4.78, 5) is 28.7. The highest BCUT2D eigenvalue weighted by Gasteiger charge is 2.13. The summed E-state index contributed by atoms with van der Waals surface area (Å²) in [6, 6.07) is 12.1. The zero-order valence-electron chi connectivity index (χ0n) is 17.1. The molecule has 2 N–H and O–H groups in total. The Labute approximate surface area is 189 Å². The lowest BCUT2D eigenvalue weighted by molar-refractivity contribution is -0.116. The number of nitrogens with one attached hydrogen (secondary N) is 2. The van der Waals surface area contributed by atoms with E-state index in [1.165, 1.54) is 11.3 Å². The summed E-state index contributed by atoms with van der Waals surface area (Å²) in [6.45, 7) is 0.390. The molecule has 31 heavy (non-hydrogen) atoms. The number of carbonyl (C=O) groups is 2. The largest absolute Gasteiger partial charge is 0.497 e. The Hall–Kier alpha value is -3.10. The van der Waals surface area contributed by atoms with E-state index >= 15 is 0 Å². The molecule has 0 spiro atoms. The highest BCUT2D eigenvalue weighted by Crippen LogP contribution is 2.34. The number of hydrogen-bond donors (Lipinski definition) is 2. The third-order valence-electron chi connectivity index (χ3n) is 4.41. The van der Waals surface area contributed by atoms with Gasteiger partial charge in [-0.25, -0.2) is 4.98 Å². The van der Waals surface area contributed by atoms with E-state index in [2.05, 4.69) is 15.6 Å². The molecule has 0 radical (unpaired) electrons. The van der Waals surface area contributed by atoms with Gasteiger partial charge in [0.2, 0.25) is 5.91 Å². The van der Waals surface area contributed by atoms with Crippen molar-refractivity contribution in [1.82, 2.24) is 10.3 Å². The van der Waals surface area contributed by atoms with Gasteiger partial charge in [-0.15, -0.1) is 11.3 Å². The smallest absolute Gasteiger partial charge is 0.251 e. The number of benzene rings is 2. The molecule has 7 nitrogen and oxygen atoms in total. The summed E-state index contributed by atoms with van der Waals surface area (Å²) in [6.07, 6.45) is 0.775. The Balaban J connectivity index is 1.48. The molecule has 162 valence electrons. The molecule has 9 heteroatoms. The lowest BCUT2D eigenvalue weighted by Crippen LogP contribution is -2.25. The maximum Gasteiger partial charge on any atom is 0.251 e. The van der Waals surface area contributed by atoms with E-state index in [1.54, 1.807) is 44.6 Å². The van der Waals surface area contributed by atoms with Crippen LogP contribution in [0, 0.1) is 0 Å². The fourth-order valence-corrected chi connectivity index (χ4v) is 3.65. The summed E-state index contributed by atoms with van der Waals surface area (Å²) >= 11 is 7.15. The Kier molecular flexibility index (Phi) is 7.86. The number of carbonyl (C=O) groups excluding carboxylic acids is 2. The monoisotopic (exact) mass is 459 g/mol. The van der Waals surface area contributed by atoms with Crippen LogP contribution in [0.25, 0.3) is 11.3 Å². The van der Waals surface area contributed by atoms with Gasteiger partial charge in [0.05, 0.1) is 19.9 Å². The number of amides is 2. The summed E-state index contributed by atoms with van der Waals surface area (Å²) in [5, 5.41) is 8.51. The number of anilines is 1. The van der Waals surface area contributed by atoms with Crippen LogP contribution in [0.2, 0.25) is 5.02 Å². The van der Waals surface area contributed by atoms with Crippen LogP contribution < -0.4 is 20.1 Å². The first-order valence-corrected chi connectivity index (χ1v) is 10.8. The standard InChI is InChI=1S/C22H22ClN3O4S/c1-29-16-9-10-17(19(12-16)30-2)18-13-31-22(25-18)26-20(27)4-3-11-24-21(28)14-5-7-15(23)8-6-14/h5-10,12-13H,3-4,11H2,1-2H3,(H,24,28)(H,25,26,27). The van der Waals surface area contributed by atoms with Crippen LogP contribution in [-0.4, -0.2) is 37.6 Å². The Bertz CT molecular complexity index is 1050. The number of methoxy groups -OCH3 is 2. The zero-order valence-corrected chi connectivity index (χ0v) is 18.7. The van der Waals surface area contributed by atoms with Crippen LogP contribution in [0.1, 0.15) is 23.2 Å². The molecule has 3 aromatic rings. The third kappa shape index (κ3) is 6.19. The van der Waals surface area contributed by atoms with Crippen molar-refractivity contribution in [1.29, 1.82) is 0 Å². The molecule has 2 aromatic carbocycles. The molecular weight excluding hydrogens is 438 g/mol. The van der Waals surface area contributed by atoms with Crippen LogP contribution in [0.5, 0.6) is 11.5 Å². The van der Waals surface area contributed by atoms with Gasteiger partial charge in [0.25, 0.3) is 5.91 Å². The molecule has 1 heterocycles. The minimum Gasteiger partial charge on any atom is -0.497 e. The van der Waals surface area contributed by atoms with Gasteiger partial charge in [-0.3, -0.25) is 9.59 Å². The lowest BCUT2D eigenvalue weighted by atomic mass is 10.1. The Morgan fingerprint density at radius 3 is 2.58 bits per heavy atom. The van der Waals surface area contributed by atoms with Crippen LogP contribution in [0.3, 0.4) is 0 Å². The van der Waals surface area contributed by atoms with Crippen molar-refractivity contribution in [3.05, 3.63) is 58.4 Å². The molecule has 1 aromatic heterocycles. The van der Waals surface area contributed by atoms with E-state index < -0.39 is 0 Å². The number of halogens is 1. The minimum absolute atomic E-state index is 0.164. The van der Waals surface area contributed by atoms with Gasteiger partial charge >= 0.3 is 0 Å². The fourth-order valence-electron chi connectivity index (χ4n) is 2.80. The van der Waals surface area contributed by atoms with Gasteiger partial charge in [0, 0.05) is 40.6 Å². The van der Waals surface area contributed by atoms with Gasteiger partial charge in [-0.05, 0) is 42.8 Å². The molecule has 0 unspecified atom stereocenters. The molecule has 0 aliphatic carbocycles. The minimum atomic E-state index is -0.199. The van der Waals surface area contributed by atoms with Crippen molar-refractivity contribution in [3.8, 4) is 22.8 Å². The van der Waals surface area contributed by atoms with Crippen molar-refractivity contribution >= 4 is 39.9 Å². The second-order valence-corrected chi connectivity index (χ2v) is 7.81. The van der Waals surface area contributed by atoms with Crippen molar-refractivity contribution in [2.24, 2.45) is 0 Å². The molecule has 3 rings (SSSR count). The van der Waals surface area contributed by atoms with Crippen molar-refractivity contribution in [3.63, 3.8) is 0 Å². The number of nitrogens with zero attached hydrogens (tertiary/aromatic N) is 1. The second-order valence-electron chi connectivity index (χ2n) is 6.52. The first-order valence-electron chi connectivity index (χ1n) is 9.51. The summed E-state index contributed by atoms with van der Waals surface area (Å²) in [5.74, 6) is 0.963. The predicted octanol–water partition coefficient (Wildman–Crippen LogP) is 4.63. The van der Waals surface area contributed by atoms with Crippen molar-refractivity contribution < 1.29 is 19.1 Å². The van der Waals surface area contributed by atoms with Gasteiger partial charge in [0.1, 0.15) is 11.5 Å². The topological polar surface area (TPSA) is 89.6 Å². The van der Waals surface area contributed by atoms with E-state index in [0.29, 0.717) is 45.9 Å². The molecule has 0 aliphatic heterocycles. The summed E-state index contributed by atoms with van der Waals surface area (Å²) in [7, 11) is 3.17.